The van der Waals surface area contributed by atoms with Crippen LogP contribution in [0.2, 0.25) is 0 Å². The highest BCUT2D eigenvalue weighted by atomic mass is 32.1. The summed E-state index contributed by atoms with van der Waals surface area (Å²) in [5.41, 5.74) is 1.20. The Bertz CT molecular complexity index is 278. The highest BCUT2D eigenvalue weighted by Gasteiger charge is 2.14. The zero-order valence-corrected chi connectivity index (χ0v) is 9.02. The number of nitrogens with zero attached hydrogens (tertiary/aromatic N) is 1. The summed E-state index contributed by atoms with van der Waals surface area (Å²) < 4.78 is 10.3. The molecule has 0 bridgehead atoms. The van der Waals surface area contributed by atoms with Crippen molar-refractivity contribution in [3.05, 3.63) is 10.6 Å². The summed E-state index contributed by atoms with van der Waals surface area (Å²) in [5.74, 6) is 0. The zero-order valence-electron chi connectivity index (χ0n) is 8.21. The third kappa shape index (κ3) is 2.23. The molecule has 2 rings (SSSR count). The van der Waals surface area contributed by atoms with E-state index in [0.717, 1.165) is 31.3 Å². The number of nitrogens with one attached hydrogen (secondary N) is 1. The first-order chi connectivity index (χ1) is 6.90. The lowest BCUT2D eigenvalue weighted by molar-refractivity contribution is 0.112. The van der Waals surface area contributed by atoms with Gasteiger partial charge in [-0.05, 0) is 0 Å². The second kappa shape index (κ2) is 4.72. The lowest BCUT2D eigenvalue weighted by Crippen LogP contribution is -2.08. The van der Waals surface area contributed by atoms with Gasteiger partial charge in [-0.15, -0.1) is 0 Å². The second-order valence-corrected chi connectivity index (χ2v) is 4.19. The Morgan fingerprint density at radius 3 is 3.36 bits per heavy atom. The molecule has 4 nitrogen and oxygen atoms in total. The van der Waals surface area contributed by atoms with Gasteiger partial charge < -0.3 is 14.8 Å². The number of aromatic nitrogens is 1. The van der Waals surface area contributed by atoms with E-state index in [2.05, 4.69) is 10.3 Å². The molecule has 0 unspecified atom stereocenters. The van der Waals surface area contributed by atoms with Crippen molar-refractivity contribution < 1.29 is 9.47 Å². The van der Waals surface area contributed by atoms with Gasteiger partial charge in [-0.3, -0.25) is 0 Å². The largest absolute Gasteiger partial charge is 0.383 e. The summed E-state index contributed by atoms with van der Waals surface area (Å²) in [6.45, 7) is 3.04. The highest BCUT2D eigenvalue weighted by molar-refractivity contribution is 7.15. The van der Waals surface area contributed by atoms with Crippen LogP contribution >= 0.6 is 11.3 Å². The molecule has 0 aliphatic carbocycles. The molecule has 78 valence electrons. The second-order valence-electron chi connectivity index (χ2n) is 3.11. The third-order valence-electron chi connectivity index (χ3n) is 2.08. The number of ether oxygens (including phenoxy) is 2. The first-order valence-corrected chi connectivity index (χ1v) is 5.51. The van der Waals surface area contributed by atoms with E-state index in [-0.39, 0.29) is 0 Å². The minimum absolute atomic E-state index is 0.709. The Morgan fingerprint density at radius 2 is 2.57 bits per heavy atom. The molecular weight excluding hydrogens is 200 g/mol. The Kier molecular flexibility index (Phi) is 3.34. The Balaban J connectivity index is 1.94. The van der Waals surface area contributed by atoms with E-state index in [1.54, 1.807) is 18.4 Å². The SMILES string of the molecule is COCCNc1nc2c(s1)COCC2. The van der Waals surface area contributed by atoms with E-state index >= 15 is 0 Å². The van der Waals surface area contributed by atoms with E-state index in [1.165, 1.54) is 10.6 Å². The molecule has 1 aliphatic heterocycles. The van der Waals surface area contributed by atoms with Gasteiger partial charge in [0.1, 0.15) is 0 Å². The van der Waals surface area contributed by atoms with Crippen LogP contribution in [0.3, 0.4) is 0 Å². The Hall–Kier alpha value is -0.650. The van der Waals surface area contributed by atoms with Crippen LogP contribution in [0, 0.1) is 0 Å². The molecule has 0 spiro atoms. The standard InChI is InChI=1S/C9H14N2O2S/c1-12-5-3-10-9-11-7-2-4-13-6-8(7)14-9/h2-6H2,1H3,(H,10,11). The van der Waals surface area contributed by atoms with Gasteiger partial charge in [-0.2, -0.15) is 0 Å². The van der Waals surface area contributed by atoms with Crippen LogP contribution in [-0.4, -0.2) is 31.9 Å². The molecule has 2 heterocycles. The van der Waals surface area contributed by atoms with Crippen LogP contribution in [-0.2, 0) is 22.5 Å². The molecule has 1 N–H and O–H groups in total. The van der Waals surface area contributed by atoms with Crippen LogP contribution in [0.25, 0.3) is 0 Å². The molecule has 1 aromatic rings. The van der Waals surface area contributed by atoms with Crippen LogP contribution in [0.5, 0.6) is 0 Å². The fourth-order valence-corrected chi connectivity index (χ4v) is 2.33. The van der Waals surface area contributed by atoms with E-state index in [1.807, 2.05) is 0 Å². The van der Waals surface area contributed by atoms with Crippen molar-refractivity contribution in [1.29, 1.82) is 0 Å². The van der Waals surface area contributed by atoms with Gasteiger partial charge in [0.25, 0.3) is 0 Å². The smallest absolute Gasteiger partial charge is 0.183 e. The lowest BCUT2D eigenvalue weighted by atomic mass is 10.2. The first kappa shape index (κ1) is 9.89. The molecule has 5 heteroatoms. The number of thiazole rings is 1. The molecule has 0 radical (unpaired) electrons. The third-order valence-corrected chi connectivity index (χ3v) is 3.11. The predicted octanol–water partition coefficient (Wildman–Crippen LogP) is 1.27. The van der Waals surface area contributed by atoms with Gasteiger partial charge in [0.05, 0.1) is 30.4 Å². The van der Waals surface area contributed by atoms with E-state index in [4.69, 9.17) is 9.47 Å². The quantitative estimate of drug-likeness (QED) is 0.767. The molecule has 0 saturated heterocycles. The Morgan fingerprint density at radius 1 is 1.64 bits per heavy atom. The number of fused-ring (bicyclic) bond motifs is 1. The summed E-state index contributed by atoms with van der Waals surface area (Å²) in [7, 11) is 1.70. The van der Waals surface area contributed by atoms with E-state index in [0.29, 0.717) is 6.61 Å². The molecule has 1 aromatic heterocycles. The molecule has 14 heavy (non-hydrogen) atoms. The summed E-state index contributed by atoms with van der Waals surface area (Å²) in [4.78, 5) is 5.75. The van der Waals surface area contributed by atoms with Gasteiger partial charge >= 0.3 is 0 Å². The summed E-state index contributed by atoms with van der Waals surface area (Å²) in [5, 5.41) is 4.21. The van der Waals surface area contributed by atoms with Crippen molar-refractivity contribution in [2.45, 2.75) is 13.0 Å². The molecule has 0 amide bonds. The molecule has 0 fully saturated rings. The minimum Gasteiger partial charge on any atom is -0.383 e. The number of methoxy groups -OCH3 is 1. The number of hydrogen-bond donors (Lipinski definition) is 1. The summed E-state index contributed by atoms with van der Waals surface area (Å²) in [6.07, 6.45) is 0.942. The predicted molar refractivity (Wildman–Crippen MR) is 55.8 cm³/mol. The molecule has 0 aromatic carbocycles. The van der Waals surface area contributed by atoms with Crippen molar-refractivity contribution in [2.75, 3.05) is 32.2 Å². The van der Waals surface area contributed by atoms with Crippen molar-refractivity contribution in [2.24, 2.45) is 0 Å². The van der Waals surface area contributed by atoms with Crippen molar-refractivity contribution >= 4 is 16.5 Å². The monoisotopic (exact) mass is 214 g/mol. The van der Waals surface area contributed by atoms with Crippen LogP contribution in [0.15, 0.2) is 0 Å². The van der Waals surface area contributed by atoms with Crippen molar-refractivity contribution in [1.82, 2.24) is 4.98 Å². The molecule has 0 atom stereocenters. The maximum absolute atomic E-state index is 5.35. The molecule has 0 saturated carbocycles. The maximum Gasteiger partial charge on any atom is 0.183 e. The van der Waals surface area contributed by atoms with Gasteiger partial charge in [-0.25, -0.2) is 4.98 Å². The van der Waals surface area contributed by atoms with Gasteiger partial charge in [-0.1, -0.05) is 11.3 Å². The van der Waals surface area contributed by atoms with Gasteiger partial charge in [0.2, 0.25) is 0 Å². The number of rotatable bonds is 4. The average Bonchev–Trinajstić information content (AvgIpc) is 2.60. The van der Waals surface area contributed by atoms with Crippen molar-refractivity contribution in [3.8, 4) is 0 Å². The zero-order chi connectivity index (χ0) is 9.80. The fourth-order valence-electron chi connectivity index (χ4n) is 1.36. The number of hydrogen-bond acceptors (Lipinski definition) is 5. The molecule has 1 aliphatic rings. The average molecular weight is 214 g/mol. The summed E-state index contributed by atoms with van der Waals surface area (Å²) in [6, 6.07) is 0. The van der Waals surface area contributed by atoms with Crippen LogP contribution < -0.4 is 5.32 Å². The highest BCUT2D eigenvalue weighted by Crippen LogP contribution is 2.26. The summed E-state index contributed by atoms with van der Waals surface area (Å²) >= 11 is 1.68. The number of anilines is 1. The van der Waals surface area contributed by atoms with Gasteiger partial charge in [0, 0.05) is 20.1 Å². The topological polar surface area (TPSA) is 43.4 Å². The van der Waals surface area contributed by atoms with Crippen LogP contribution in [0.4, 0.5) is 5.13 Å². The lowest BCUT2D eigenvalue weighted by Gasteiger charge is -2.08. The Labute approximate surface area is 87.3 Å². The van der Waals surface area contributed by atoms with E-state index < -0.39 is 0 Å². The maximum atomic E-state index is 5.35. The fraction of sp³-hybridized carbons (Fsp3) is 0.667. The molecular formula is C9H14N2O2S. The van der Waals surface area contributed by atoms with Gasteiger partial charge in [0.15, 0.2) is 5.13 Å². The van der Waals surface area contributed by atoms with Crippen molar-refractivity contribution in [3.63, 3.8) is 0 Å². The minimum atomic E-state index is 0.709. The first-order valence-electron chi connectivity index (χ1n) is 4.69. The van der Waals surface area contributed by atoms with Crippen LogP contribution in [0.1, 0.15) is 10.6 Å². The van der Waals surface area contributed by atoms with E-state index in [9.17, 15) is 0 Å². The normalized spacial score (nSPS) is 15.2.